The first-order valence-corrected chi connectivity index (χ1v) is 10.9. The zero-order chi connectivity index (χ0) is 22.9. The van der Waals surface area contributed by atoms with Gasteiger partial charge in [0.15, 0.2) is 0 Å². The second kappa shape index (κ2) is 8.60. The number of benzene rings is 3. The molecule has 0 spiro atoms. The number of aromatic carboxylic acids is 1. The molecule has 1 unspecified atom stereocenters. The molecule has 0 aromatic heterocycles. The van der Waals surface area contributed by atoms with Crippen molar-refractivity contribution in [2.75, 3.05) is 0 Å². The Kier molecular flexibility index (Phi) is 5.86. The number of carboxylic acids is 1. The number of hydrogen-bond donors (Lipinski definition) is 2. The molecule has 32 heavy (non-hydrogen) atoms. The SMILES string of the molecule is Cc1ccc(C2=CCC(C)(C)c3cc(C(O)C=Cc4ccc(C(=O)O)cc4)ccc32)cc1. The third-order valence-corrected chi connectivity index (χ3v) is 6.21. The fraction of sp³-hybridized carbons (Fsp3) is 0.207. The summed E-state index contributed by atoms with van der Waals surface area (Å²) in [5.74, 6) is -0.948. The van der Waals surface area contributed by atoms with Crippen LogP contribution >= 0.6 is 0 Å². The number of aliphatic hydroxyl groups excluding tert-OH is 1. The van der Waals surface area contributed by atoms with Crippen LogP contribution in [0.25, 0.3) is 11.6 Å². The molecule has 3 aromatic carbocycles. The van der Waals surface area contributed by atoms with Crippen LogP contribution in [0.3, 0.4) is 0 Å². The van der Waals surface area contributed by atoms with Crippen molar-refractivity contribution in [2.45, 2.75) is 38.7 Å². The highest BCUT2D eigenvalue weighted by Gasteiger charge is 2.29. The molecule has 3 nitrogen and oxygen atoms in total. The van der Waals surface area contributed by atoms with Gasteiger partial charge in [-0.25, -0.2) is 4.79 Å². The summed E-state index contributed by atoms with van der Waals surface area (Å²) < 4.78 is 0. The monoisotopic (exact) mass is 424 g/mol. The van der Waals surface area contributed by atoms with E-state index in [1.54, 1.807) is 30.3 Å². The number of rotatable bonds is 5. The molecular formula is C29H28O3. The predicted molar refractivity (Wildman–Crippen MR) is 130 cm³/mol. The van der Waals surface area contributed by atoms with Crippen molar-refractivity contribution in [3.8, 4) is 0 Å². The smallest absolute Gasteiger partial charge is 0.335 e. The Morgan fingerprint density at radius 2 is 1.69 bits per heavy atom. The average molecular weight is 425 g/mol. The van der Waals surface area contributed by atoms with Crippen molar-refractivity contribution < 1.29 is 15.0 Å². The Hall–Kier alpha value is -3.43. The summed E-state index contributed by atoms with van der Waals surface area (Å²) in [7, 11) is 0. The summed E-state index contributed by atoms with van der Waals surface area (Å²) in [6, 6.07) is 21.5. The highest BCUT2D eigenvalue weighted by Crippen LogP contribution is 2.42. The van der Waals surface area contributed by atoms with Crippen LogP contribution in [-0.2, 0) is 5.41 Å². The van der Waals surface area contributed by atoms with Gasteiger partial charge in [0.25, 0.3) is 0 Å². The minimum atomic E-state index is -0.948. The Morgan fingerprint density at radius 1 is 1.00 bits per heavy atom. The zero-order valence-corrected chi connectivity index (χ0v) is 18.7. The maximum Gasteiger partial charge on any atom is 0.335 e. The minimum Gasteiger partial charge on any atom is -0.478 e. The zero-order valence-electron chi connectivity index (χ0n) is 18.7. The van der Waals surface area contributed by atoms with E-state index in [0.717, 1.165) is 17.5 Å². The molecule has 0 radical (unpaired) electrons. The van der Waals surface area contributed by atoms with Crippen molar-refractivity contribution in [2.24, 2.45) is 0 Å². The maximum absolute atomic E-state index is 11.0. The lowest BCUT2D eigenvalue weighted by Gasteiger charge is -2.33. The minimum absolute atomic E-state index is 0.0182. The second-order valence-electron chi connectivity index (χ2n) is 9.11. The second-order valence-corrected chi connectivity index (χ2v) is 9.11. The molecule has 2 N–H and O–H groups in total. The van der Waals surface area contributed by atoms with Crippen LogP contribution < -0.4 is 0 Å². The fourth-order valence-corrected chi connectivity index (χ4v) is 4.17. The number of aryl methyl sites for hydroxylation is 1. The van der Waals surface area contributed by atoms with Gasteiger partial charge in [0, 0.05) is 0 Å². The summed E-state index contributed by atoms with van der Waals surface area (Å²) in [6.45, 7) is 6.58. The summed E-state index contributed by atoms with van der Waals surface area (Å²) in [4.78, 5) is 11.0. The van der Waals surface area contributed by atoms with Gasteiger partial charge in [-0.05, 0) is 64.3 Å². The Balaban J connectivity index is 1.62. The fourth-order valence-electron chi connectivity index (χ4n) is 4.17. The van der Waals surface area contributed by atoms with Gasteiger partial charge in [-0.1, -0.05) is 92.2 Å². The number of carbonyl (C=O) groups is 1. The molecule has 0 aliphatic heterocycles. The molecule has 0 heterocycles. The number of carboxylic acid groups (broad SMARTS) is 1. The van der Waals surface area contributed by atoms with Gasteiger partial charge in [-0.15, -0.1) is 0 Å². The van der Waals surface area contributed by atoms with Crippen LogP contribution in [0.15, 0.2) is 78.9 Å². The lowest BCUT2D eigenvalue weighted by atomic mass is 9.71. The normalized spacial score (nSPS) is 15.8. The molecule has 0 saturated carbocycles. The van der Waals surface area contributed by atoms with Gasteiger partial charge >= 0.3 is 5.97 Å². The Labute approximate surface area is 189 Å². The van der Waals surface area contributed by atoms with E-state index >= 15 is 0 Å². The standard InChI is InChI=1S/C29H28O3/c1-19-4-9-21(10-5-19)24-16-17-29(2,3)26-18-23(13-14-25(24)26)27(30)15-8-20-6-11-22(12-7-20)28(31)32/h4-16,18,27,30H,17H2,1-3H3,(H,31,32). The third-order valence-electron chi connectivity index (χ3n) is 6.21. The molecule has 4 rings (SSSR count). The lowest BCUT2D eigenvalue weighted by molar-refractivity contribution is 0.0697. The lowest BCUT2D eigenvalue weighted by Crippen LogP contribution is -2.22. The van der Waals surface area contributed by atoms with Crippen molar-refractivity contribution in [3.63, 3.8) is 0 Å². The highest BCUT2D eigenvalue weighted by molar-refractivity contribution is 5.87. The molecule has 1 atom stereocenters. The number of aliphatic hydroxyl groups is 1. The van der Waals surface area contributed by atoms with Crippen LogP contribution in [0, 0.1) is 6.92 Å². The molecule has 1 aliphatic rings. The van der Waals surface area contributed by atoms with Gasteiger partial charge in [0.05, 0.1) is 11.7 Å². The molecular weight excluding hydrogens is 396 g/mol. The van der Waals surface area contributed by atoms with Crippen molar-refractivity contribution >= 4 is 17.6 Å². The highest BCUT2D eigenvalue weighted by atomic mass is 16.4. The number of fused-ring (bicyclic) bond motifs is 1. The first-order valence-electron chi connectivity index (χ1n) is 10.9. The van der Waals surface area contributed by atoms with Crippen molar-refractivity contribution in [1.82, 2.24) is 0 Å². The third kappa shape index (κ3) is 4.44. The maximum atomic E-state index is 11.0. The number of allylic oxidation sites excluding steroid dienone is 1. The van der Waals surface area contributed by atoms with Crippen LogP contribution in [0.1, 0.15) is 70.1 Å². The predicted octanol–water partition coefficient (Wildman–Crippen LogP) is 6.55. The molecule has 1 aliphatic carbocycles. The first kappa shape index (κ1) is 21.8. The van der Waals surface area contributed by atoms with Crippen molar-refractivity contribution in [3.05, 3.63) is 118 Å². The van der Waals surface area contributed by atoms with E-state index in [2.05, 4.69) is 63.2 Å². The van der Waals surface area contributed by atoms with Gasteiger partial charge in [-0.2, -0.15) is 0 Å². The molecule has 0 fully saturated rings. The first-order chi connectivity index (χ1) is 15.2. The molecule has 0 bridgehead atoms. The average Bonchev–Trinajstić information content (AvgIpc) is 2.78. The van der Waals surface area contributed by atoms with Gasteiger partial charge in [0.2, 0.25) is 0 Å². The van der Waals surface area contributed by atoms with E-state index in [0.29, 0.717) is 0 Å². The molecule has 3 aromatic rings. The van der Waals surface area contributed by atoms with E-state index < -0.39 is 12.1 Å². The van der Waals surface area contributed by atoms with Crippen LogP contribution in [0.2, 0.25) is 0 Å². The van der Waals surface area contributed by atoms with Crippen LogP contribution in [0.4, 0.5) is 0 Å². The van der Waals surface area contributed by atoms with Crippen molar-refractivity contribution in [1.29, 1.82) is 0 Å². The number of hydrogen-bond acceptors (Lipinski definition) is 2. The van der Waals surface area contributed by atoms with Crippen LogP contribution in [-0.4, -0.2) is 16.2 Å². The molecule has 3 heteroatoms. The quantitative estimate of drug-likeness (QED) is 0.488. The van der Waals surface area contributed by atoms with E-state index in [9.17, 15) is 9.90 Å². The Morgan fingerprint density at radius 3 is 2.34 bits per heavy atom. The molecule has 0 saturated heterocycles. The molecule has 0 amide bonds. The summed E-state index contributed by atoms with van der Waals surface area (Å²) in [5.41, 5.74) is 8.08. The van der Waals surface area contributed by atoms with E-state index in [-0.39, 0.29) is 11.0 Å². The topological polar surface area (TPSA) is 57.5 Å². The van der Waals surface area contributed by atoms with Gasteiger partial charge in [0.1, 0.15) is 0 Å². The Bertz CT molecular complexity index is 1200. The van der Waals surface area contributed by atoms with Crippen LogP contribution in [0.5, 0.6) is 0 Å². The van der Waals surface area contributed by atoms with Gasteiger partial charge in [-0.3, -0.25) is 0 Å². The van der Waals surface area contributed by atoms with E-state index in [1.165, 1.54) is 27.8 Å². The van der Waals surface area contributed by atoms with E-state index in [4.69, 9.17) is 5.11 Å². The van der Waals surface area contributed by atoms with Gasteiger partial charge < -0.3 is 10.2 Å². The molecule has 162 valence electrons. The van der Waals surface area contributed by atoms with E-state index in [1.807, 2.05) is 12.1 Å². The largest absolute Gasteiger partial charge is 0.478 e. The summed E-state index contributed by atoms with van der Waals surface area (Å²) >= 11 is 0. The summed E-state index contributed by atoms with van der Waals surface area (Å²) in [6.07, 6.45) is 6.07. The summed E-state index contributed by atoms with van der Waals surface area (Å²) in [5, 5.41) is 19.8.